The molecular weight excluding hydrogens is 599 g/mol. The molecule has 0 atom stereocenters. The molecule has 0 saturated carbocycles. The average molecular weight is 625 g/mol. The number of benzene rings is 2. The maximum Gasteiger partial charge on any atom is 0.344 e. The minimum atomic E-state index is -0.687. The highest BCUT2D eigenvalue weighted by Gasteiger charge is 2.36. The third-order valence-electron chi connectivity index (χ3n) is 5.27. The van der Waals surface area contributed by atoms with Gasteiger partial charge in [0.25, 0.3) is 11.1 Å². The second-order valence-electron chi connectivity index (χ2n) is 8.27. The number of thioether (sulfide) groups is 1. The number of hydrogen-bond acceptors (Lipinski definition) is 10. The van der Waals surface area contributed by atoms with Crippen molar-refractivity contribution in [3.63, 3.8) is 0 Å². The van der Waals surface area contributed by atoms with E-state index in [1.54, 1.807) is 6.92 Å². The van der Waals surface area contributed by atoms with E-state index in [0.717, 1.165) is 4.90 Å². The molecule has 2 aromatic carbocycles. The average Bonchev–Trinajstić information content (AvgIpc) is 3.19. The van der Waals surface area contributed by atoms with E-state index >= 15 is 0 Å². The second-order valence-corrected chi connectivity index (χ2v) is 10.1. The van der Waals surface area contributed by atoms with E-state index in [4.69, 9.17) is 42.1 Å². The number of imide groups is 1. The molecule has 1 aliphatic heterocycles. The van der Waals surface area contributed by atoms with Crippen molar-refractivity contribution in [1.82, 2.24) is 4.90 Å². The van der Waals surface area contributed by atoms with Gasteiger partial charge in [0.05, 0.1) is 40.8 Å². The SMILES string of the molecule is CCCOC(=O)c1cc(NC(=O)CN2C(=O)S/C(=C\c3cc(Cl)c(OCC(=O)OCC)c(OC)c3)C2=O)ccc1Cl. The summed E-state index contributed by atoms with van der Waals surface area (Å²) in [5.41, 5.74) is 0.713. The summed E-state index contributed by atoms with van der Waals surface area (Å²) >= 11 is 13.0. The lowest BCUT2D eigenvalue weighted by molar-refractivity contribution is -0.145. The van der Waals surface area contributed by atoms with Crippen LogP contribution in [-0.2, 0) is 23.9 Å². The first-order valence-corrected chi connectivity index (χ1v) is 13.8. The smallest absolute Gasteiger partial charge is 0.344 e. The number of nitrogens with one attached hydrogen (secondary N) is 1. The molecule has 0 bridgehead atoms. The zero-order chi connectivity index (χ0) is 30.1. The van der Waals surface area contributed by atoms with Gasteiger partial charge >= 0.3 is 11.9 Å². The molecule has 0 aliphatic carbocycles. The van der Waals surface area contributed by atoms with Crippen molar-refractivity contribution in [2.45, 2.75) is 20.3 Å². The van der Waals surface area contributed by atoms with Gasteiger partial charge in [-0.15, -0.1) is 0 Å². The number of amides is 3. The molecule has 11 nitrogen and oxygen atoms in total. The lowest BCUT2D eigenvalue weighted by atomic mass is 10.1. The molecule has 3 amide bonds. The topological polar surface area (TPSA) is 138 Å². The van der Waals surface area contributed by atoms with Gasteiger partial charge < -0.3 is 24.3 Å². The first kappa shape index (κ1) is 31.8. The fourth-order valence-electron chi connectivity index (χ4n) is 3.46. The summed E-state index contributed by atoms with van der Waals surface area (Å²) in [7, 11) is 1.37. The third-order valence-corrected chi connectivity index (χ3v) is 6.79. The monoisotopic (exact) mass is 624 g/mol. The van der Waals surface area contributed by atoms with Crippen LogP contribution in [0, 0.1) is 0 Å². The standard InChI is InChI=1S/C27H26Cl2N2O9S/c1-4-8-39-26(35)17-12-16(6-7-18(17)28)30-22(32)13-31-25(34)21(41-27(31)36)11-15-9-19(29)24(20(10-15)37-3)40-14-23(33)38-5-2/h6-7,9-12H,4-5,8,13-14H2,1-3H3,(H,30,32)/b21-11-. The Kier molecular flexibility index (Phi) is 11.4. The fraction of sp³-hybridized carbons (Fsp3) is 0.296. The van der Waals surface area contributed by atoms with Gasteiger partial charge in [0.2, 0.25) is 5.91 Å². The Morgan fingerprint density at radius 2 is 1.80 bits per heavy atom. The first-order valence-electron chi connectivity index (χ1n) is 12.3. The number of methoxy groups -OCH3 is 1. The van der Waals surface area contributed by atoms with Crippen LogP contribution in [-0.4, -0.2) is 67.4 Å². The summed E-state index contributed by atoms with van der Waals surface area (Å²) in [6.07, 6.45) is 2.04. The lowest BCUT2D eigenvalue weighted by Crippen LogP contribution is -2.36. The molecule has 0 radical (unpaired) electrons. The normalized spacial score (nSPS) is 13.8. The third kappa shape index (κ3) is 8.38. The molecule has 1 fully saturated rings. The van der Waals surface area contributed by atoms with Crippen LogP contribution in [0.1, 0.15) is 36.2 Å². The maximum atomic E-state index is 13.0. The summed E-state index contributed by atoms with van der Waals surface area (Å²) in [5.74, 6) is -2.29. The van der Waals surface area contributed by atoms with Crippen molar-refractivity contribution >= 4 is 75.7 Å². The van der Waals surface area contributed by atoms with Gasteiger partial charge in [0.1, 0.15) is 6.54 Å². The minimum absolute atomic E-state index is 0.0496. The Morgan fingerprint density at radius 1 is 1.05 bits per heavy atom. The zero-order valence-corrected chi connectivity index (χ0v) is 24.6. The summed E-state index contributed by atoms with van der Waals surface area (Å²) in [6, 6.07) is 7.23. The highest BCUT2D eigenvalue weighted by molar-refractivity contribution is 8.18. The molecule has 0 spiro atoms. The number of carbonyl (C=O) groups excluding carboxylic acids is 5. The van der Waals surface area contributed by atoms with Crippen LogP contribution in [0.15, 0.2) is 35.2 Å². The lowest BCUT2D eigenvalue weighted by Gasteiger charge is -2.14. The highest BCUT2D eigenvalue weighted by atomic mass is 35.5. The number of nitrogens with zero attached hydrogens (tertiary/aromatic N) is 1. The molecule has 1 heterocycles. The Balaban J connectivity index is 1.71. The molecule has 0 aromatic heterocycles. The number of carbonyl (C=O) groups is 5. The number of ether oxygens (including phenoxy) is 4. The van der Waals surface area contributed by atoms with Gasteiger partial charge in [-0.2, -0.15) is 0 Å². The Hall–Kier alpha value is -3.74. The Labute approximate surface area is 250 Å². The van der Waals surface area contributed by atoms with Crippen LogP contribution < -0.4 is 14.8 Å². The summed E-state index contributed by atoms with van der Waals surface area (Å²) in [4.78, 5) is 62.8. The predicted molar refractivity (Wildman–Crippen MR) is 153 cm³/mol. The molecule has 0 unspecified atom stereocenters. The van der Waals surface area contributed by atoms with Crippen LogP contribution >= 0.6 is 35.0 Å². The van der Waals surface area contributed by atoms with Gasteiger partial charge in [0, 0.05) is 5.69 Å². The van der Waals surface area contributed by atoms with Gasteiger partial charge in [-0.1, -0.05) is 30.1 Å². The number of halogens is 2. The quantitative estimate of drug-likeness (QED) is 0.248. The second kappa shape index (κ2) is 14.8. The minimum Gasteiger partial charge on any atom is -0.493 e. The summed E-state index contributed by atoms with van der Waals surface area (Å²) in [6.45, 7) is 2.97. The van der Waals surface area contributed by atoms with Gasteiger partial charge in [-0.05, 0) is 67.1 Å². The molecule has 3 rings (SSSR count). The molecule has 2 aromatic rings. The first-order chi connectivity index (χ1) is 19.6. The molecule has 1 aliphatic rings. The number of hydrogen-bond donors (Lipinski definition) is 1. The fourth-order valence-corrected chi connectivity index (χ4v) is 4.77. The van der Waals surface area contributed by atoms with Crippen LogP contribution in [0.3, 0.4) is 0 Å². The van der Waals surface area contributed by atoms with Gasteiger partial charge in [0.15, 0.2) is 18.1 Å². The molecule has 218 valence electrons. The number of anilines is 1. The highest BCUT2D eigenvalue weighted by Crippen LogP contribution is 2.39. The maximum absolute atomic E-state index is 13.0. The number of rotatable bonds is 12. The van der Waals surface area contributed by atoms with Crippen LogP contribution in [0.2, 0.25) is 10.0 Å². The molecule has 1 saturated heterocycles. The van der Waals surface area contributed by atoms with Crippen LogP contribution in [0.5, 0.6) is 11.5 Å². The molecule has 1 N–H and O–H groups in total. The molecular formula is C27H26Cl2N2O9S. The number of esters is 2. The van der Waals surface area contributed by atoms with Gasteiger partial charge in [-0.3, -0.25) is 19.3 Å². The summed E-state index contributed by atoms with van der Waals surface area (Å²) < 4.78 is 20.6. The predicted octanol–water partition coefficient (Wildman–Crippen LogP) is 5.19. The van der Waals surface area contributed by atoms with E-state index < -0.39 is 35.5 Å². The summed E-state index contributed by atoms with van der Waals surface area (Å²) in [5, 5.41) is 2.14. The van der Waals surface area contributed by atoms with Crippen LogP contribution in [0.4, 0.5) is 10.5 Å². The van der Waals surface area contributed by atoms with Crippen molar-refractivity contribution in [3.05, 3.63) is 56.4 Å². The Morgan fingerprint density at radius 3 is 2.49 bits per heavy atom. The van der Waals surface area contributed by atoms with E-state index in [1.807, 2.05) is 6.92 Å². The zero-order valence-electron chi connectivity index (χ0n) is 22.3. The van der Waals surface area contributed by atoms with E-state index in [2.05, 4.69) is 5.32 Å². The van der Waals surface area contributed by atoms with Crippen molar-refractivity contribution in [2.75, 3.05) is 38.8 Å². The molecule has 14 heteroatoms. The van der Waals surface area contributed by atoms with E-state index in [1.165, 1.54) is 43.5 Å². The van der Waals surface area contributed by atoms with Crippen molar-refractivity contribution < 1.29 is 42.9 Å². The van der Waals surface area contributed by atoms with Gasteiger partial charge in [-0.25, -0.2) is 9.59 Å². The van der Waals surface area contributed by atoms with Crippen LogP contribution in [0.25, 0.3) is 6.08 Å². The largest absolute Gasteiger partial charge is 0.493 e. The van der Waals surface area contributed by atoms with Crippen molar-refractivity contribution in [3.8, 4) is 11.5 Å². The van der Waals surface area contributed by atoms with Crippen molar-refractivity contribution in [1.29, 1.82) is 0 Å². The van der Waals surface area contributed by atoms with E-state index in [0.29, 0.717) is 23.7 Å². The van der Waals surface area contributed by atoms with Crippen molar-refractivity contribution in [2.24, 2.45) is 0 Å². The van der Waals surface area contributed by atoms with E-state index in [9.17, 15) is 24.0 Å². The Bertz CT molecular complexity index is 1400. The molecule has 41 heavy (non-hydrogen) atoms. The van der Waals surface area contributed by atoms with E-state index in [-0.39, 0.29) is 57.5 Å².